The van der Waals surface area contributed by atoms with Gasteiger partial charge in [0.25, 0.3) is 0 Å². The van der Waals surface area contributed by atoms with Crippen molar-refractivity contribution in [3.63, 3.8) is 0 Å². The minimum atomic E-state index is -0.457. The third-order valence-corrected chi connectivity index (χ3v) is 4.39. The van der Waals surface area contributed by atoms with Crippen LogP contribution in [0.5, 0.6) is 0 Å². The van der Waals surface area contributed by atoms with Gasteiger partial charge in [-0.2, -0.15) is 0 Å². The van der Waals surface area contributed by atoms with Gasteiger partial charge in [0.05, 0.1) is 6.61 Å². The molecular weight excluding hydrogens is 264 g/mol. The average Bonchev–Trinajstić information content (AvgIpc) is 2.88. The Kier molecular flexibility index (Phi) is 7.67. The van der Waals surface area contributed by atoms with Gasteiger partial charge in [0.2, 0.25) is 0 Å². The molecule has 2 unspecified atom stereocenters. The highest BCUT2D eigenvalue weighted by Gasteiger charge is 2.47. The topological polar surface area (TPSA) is 41.6 Å². The molecule has 0 radical (unpaired) electrons. The number of nitrogens with zero attached hydrogens (tertiary/aromatic N) is 1. The van der Waals surface area contributed by atoms with E-state index < -0.39 is 5.54 Å². The van der Waals surface area contributed by atoms with E-state index in [9.17, 15) is 4.79 Å². The van der Waals surface area contributed by atoms with Gasteiger partial charge in [-0.05, 0) is 51.6 Å². The predicted molar refractivity (Wildman–Crippen MR) is 87.4 cm³/mol. The van der Waals surface area contributed by atoms with Crippen LogP contribution in [-0.4, -0.2) is 48.7 Å². The molecule has 1 N–H and O–H groups in total. The number of nitrogens with one attached hydrogen (secondary N) is 1. The Morgan fingerprint density at radius 1 is 1.38 bits per heavy atom. The van der Waals surface area contributed by atoms with E-state index in [0.717, 1.165) is 45.3 Å². The minimum Gasteiger partial charge on any atom is -0.465 e. The molecule has 1 saturated carbocycles. The lowest BCUT2D eigenvalue weighted by Gasteiger charge is -2.32. The Morgan fingerprint density at radius 2 is 2.10 bits per heavy atom. The lowest BCUT2D eigenvalue weighted by Crippen LogP contribution is -2.52. The Hall–Kier alpha value is -0.610. The molecule has 0 bridgehead atoms. The number of carbonyl (C=O) groups excluding carboxylic acids is 1. The average molecular weight is 298 g/mol. The van der Waals surface area contributed by atoms with Crippen molar-refractivity contribution >= 4 is 5.97 Å². The van der Waals surface area contributed by atoms with Crippen LogP contribution < -0.4 is 5.32 Å². The van der Waals surface area contributed by atoms with Gasteiger partial charge in [-0.1, -0.05) is 27.7 Å². The first-order chi connectivity index (χ1) is 9.99. The SMILES string of the molecule is CCCNC1(C(=O)OCC)CCC(N(CC)CC(C)C)C1. The molecule has 0 aliphatic heterocycles. The second kappa shape index (κ2) is 8.74. The molecule has 1 aliphatic carbocycles. The minimum absolute atomic E-state index is 0.0541. The fourth-order valence-electron chi connectivity index (χ4n) is 3.39. The van der Waals surface area contributed by atoms with E-state index in [4.69, 9.17) is 4.74 Å². The Balaban J connectivity index is 2.76. The monoisotopic (exact) mass is 298 g/mol. The molecular formula is C17H34N2O2. The standard InChI is InChI=1S/C17H34N2O2/c1-6-11-18-17(16(20)21-8-3)10-9-15(12-17)19(7-2)13-14(4)5/h14-15,18H,6-13H2,1-5H3. The van der Waals surface area contributed by atoms with Gasteiger partial charge in [-0.15, -0.1) is 0 Å². The van der Waals surface area contributed by atoms with Crippen LogP contribution in [0, 0.1) is 5.92 Å². The first-order valence-electron chi connectivity index (χ1n) is 8.65. The molecule has 4 nitrogen and oxygen atoms in total. The van der Waals surface area contributed by atoms with Gasteiger partial charge in [0, 0.05) is 12.6 Å². The van der Waals surface area contributed by atoms with E-state index in [1.807, 2.05) is 6.92 Å². The first kappa shape index (κ1) is 18.4. The van der Waals surface area contributed by atoms with Crippen molar-refractivity contribution in [3.05, 3.63) is 0 Å². The molecule has 4 heteroatoms. The van der Waals surface area contributed by atoms with Crippen molar-refractivity contribution in [1.82, 2.24) is 10.2 Å². The van der Waals surface area contributed by atoms with Crippen molar-refractivity contribution in [3.8, 4) is 0 Å². The maximum absolute atomic E-state index is 12.4. The smallest absolute Gasteiger partial charge is 0.326 e. The molecule has 1 rings (SSSR count). The molecule has 1 fully saturated rings. The van der Waals surface area contributed by atoms with Gasteiger partial charge >= 0.3 is 5.97 Å². The van der Waals surface area contributed by atoms with Gasteiger partial charge in [0.1, 0.15) is 5.54 Å². The molecule has 124 valence electrons. The van der Waals surface area contributed by atoms with Crippen molar-refractivity contribution in [1.29, 1.82) is 0 Å². The van der Waals surface area contributed by atoms with Gasteiger partial charge in [0.15, 0.2) is 0 Å². The summed E-state index contributed by atoms with van der Waals surface area (Å²) in [5.74, 6) is 0.604. The van der Waals surface area contributed by atoms with E-state index in [2.05, 4.69) is 37.9 Å². The summed E-state index contributed by atoms with van der Waals surface area (Å²) < 4.78 is 5.35. The van der Waals surface area contributed by atoms with E-state index in [1.54, 1.807) is 0 Å². The van der Waals surface area contributed by atoms with Crippen LogP contribution in [0.2, 0.25) is 0 Å². The van der Waals surface area contributed by atoms with Crippen molar-refractivity contribution in [2.45, 2.75) is 71.9 Å². The van der Waals surface area contributed by atoms with Crippen LogP contribution in [0.3, 0.4) is 0 Å². The van der Waals surface area contributed by atoms with Gasteiger partial charge in [-0.3, -0.25) is 4.79 Å². The molecule has 0 aromatic rings. The number of esters is 1. The first-order valence-corrected chi connectivity index (χ1v) is 8.65. The molecule has 0 spiro atoms. The summed E-state index contributed by atoms with van der Waals surface area (Å²) in [7, 11) is 0. The fraction of sp³-hybridized carbons (Fsp3) is 0.941. The van der Waals surface area contributed by atoms with Gasteiger partial charge in [-0.25, -0.2) is 0 Å². The lowest BCUT2D eigenvalue weighted by atomic mass is 9.96. The quantitative estimate of drug-likeness (QED) is 0.665. The van der Waals surface area contributed by atoms with Crippen LogP contribution in [0.4, 0.5) is 0 Å². The Labute approximate surface area is 130 Å². The molecule has 21 heavy (non-hydrogen) atoms. The summed E-state index contributed by atoms with van der Waals surface area (Å²) in [5, 5.41) is 3.49. The highest BCUT2D eigenvalue weighted by atomic mass is 16.5. The Bertz CT molecular complexity index is 320. The number of hydrogen-bond acceptors (Lipinski definition) is 4. The largest absolute Gasteiger partial charge is 0.465 e. The van der Waals surface area contributed by atoms with E-state index >= 15 is 0 Å². The molecule has 0 aromatic carbocycles. The summed E-state index contributed by atoms with van der Waals surface area (Å²) >= 11 is 0. The molecule has 0 aromatic heterocycles. The molecule has 1 aliphatic rings. The normalized spacial score (nSPS) is 25.8. The number of ether oxygens (including phenoxy) is 1. The zero-order chi connectivity index (χ0) is 15.9. The van der Waals surface area contributed by atoms with Crippen LogP contribution in [0.25, 0.3) is 0 Å². The van der Waals surface area contributed by atoms with Crippen LogP contribution in [-0.2, 0) is 9.53 Å². The lowest BCUT2D eigenvalue weighted by molar-refractivity contribution is -0.151. The van der Waals surface area contributed by atoms with E-state index in [1.165, 1.54) is 0 Å². The fourth-order valence-corrected chi connectivity index (χ4v) is 3.39. The second-order valence-corrected chi connectivity index (χ2v) is 6.61. The number of hydrogen-bond donors (Lipinski definition) is 1. The maximum Gasteiger partial charge on any atom is 0.326 e. The molecule has 0 heterocycles. The highest BCUT2D eigenvalue weighted by Crippen LogP contribution is 2.34. The van der Waals surface area contributed by atoms with Crippen molar-refractivity contribution < 1.29 is 9.53 Å². The van der Waals surface area contributed by atoms with E-state index in [-0.39, 0.29) is 5.97 Å². The third kappa shape index (κ3) is 4.96. The Morgan fingerprint density at radius 3 is 2.62 bits per heavy atom. The zero-order valence-electron chi connectivity index (χ0n) is 14.6. The second-order valence-electron chi connectivity index (χ2n) is 6.61. The maximum atomic E-state index is 12.4. The third-order valence-electron chi connectivity index (χ3n) is 4.39. The molecule has 0 saturated heterocycles. The molecule has 2 atom stereocenters. The van der Waals surface area contributed by atoms with Crippen LogP contribution >= 0.6 is 0 Å². The summed E-state index contributed by atoms with van der Waals surface area (Å²) in [4.78, 5) is 15.0. The summed E-state index contributed by atoms with van der Waals surface area (Å²) in [5.41, 5.74) is -0.457. The zero-order valence-corrected chi connectivity index (χ0v) is 14.6. The van der Waals surface area contributed by atoms with Crippen molar-refractivity contribution in [2.75, 3.05) is 26.2 Å². The van der Waals surface area contributed by atoms with E-state index in [0.29, 0.717) is 18.6 Å². The summed E-state index contributed by atoms with van der Waals surface area (Å²) in [6, 6.07) is 0.492. The van der Waals surface area contributed by atoms with Crippen LogP contribution in [0.15, 0.2) is 0 Å². The summed E-state index contributed by atoms with van der Waals surface area (Å²) in [6.07, 6.45) is 3.89. The number of rotatable bonds is 9. The van der Waals surface area contributed by atoms with Crippen LogP contribution in [0.1, 0.15) is 60.3 Å². The molecule has 0 amide bonds. The highest BCUT2D eigenvalue weighted by molar-refractivity contribution is 5.81. The van der Waals surface area contributed by atoms with Gasteiger partial charge < -0.3 is 15.0 Å². The number of carbonyl (C=O) groups is 1. The predicted octanol–water partition coefficient (Wildman–Crippen LogP) is 2.82. The van der Waals surface area contributed by atoms with Crippen molar-refractivity contribution in [2.24, 2.45) is 5.92 Å². The summed E-state index contributed by atoms with van der Waals surface area (Å²) in [6.45, 7) is 14.2.